The number of hydrogen-bond donors (Lipinski definition) is 2. The summed E-state index contributed by atoms with van der Waals surface area (Å²) in [6.07, 6.45) is 2.64. The van der Waals surface area contributed by atoms with Crippen LogP contribution in [0.1, 0.15) is 28.7 Å². The first-order valence-corrected chi connectivity index (χ1v) is 6.60. The van der Waals surface area contributed by atoms with E-state index in [1.54, 1.807) is 25.6 Å². The molecule has 2 atom stereocenters. The predicted molar refractivity (Wildman–Crippen MR) is 78.7 cm³/mol. The summed E-state index contributed by atoms with van der Waals surface area (Å²) in [4.78, 5) is 4.04. The maximum Gasteiger partial charge on any atom is 0.122 e. The lowest BCUT2D eigenvalue weighted by molar-refractivity contribution is 0.145. The van der Waals surface area contributed by atoms with Crippen molar-refractivity contribution in [3.63, 3.8) is 0 Å². The molecule has 0 aliphatic carbocycles. The molecule has 106 valence electrons. The summed E-state index contributed by atoms with van der Waals surface area (Å²) in [7, 11) is 1.62. The molecule has 4 heteroatoms. The monoisotopic (exact) mass is 272 g/mol. The third-order valence-corrected chi connectivity index (χ3v) is 3.45. The fourth-order valence-electron chi connectivity index (χ4n) is 2.35. The molecule has 3 N–H and O–H groups in total. The van der Waals surface area contributed by atoms with Crippen LogP contribution in [0.3, 0.4) is 0 Å². The molecule has 1 heterocycles. The summed E-state index contributed by atoms with van der Waals surface area (Å²) in [5, 5.41) is 10.6. The summed E-state index contributed by atoms with van der Waals surface area (Å²) in [5.41, 5.74) is 8.67. The molecule has 1 aromatic heterocycles. The molecule has 0 aliphatic heterocycles. The number of ether oxygens (including phenoxy) is 1. The second-order valence-electron chi connectivity index (χ2n) is 4.82. The highest BCUT2D eigenvalue weighted by molar-refractivity contribution is 5.41. The van der Waals surface area contributed by atoms with Crippen molar-refractivity contribution in [2.45, 2.75) is 18.9 Å². The number of methoxy groups -OCH3 is 1. The largest absolute Gasteiger partial charge is 0.496 e. The van der Waals surface area contributed by atoms with E-state index in [2.05, 4.69) is 4.98 Å². The van der Waals surface area contributed by atoms with Crippen molar-refractivity contribution < 1.29 is 9.84 Å². The van der Waals surface area contributed by atoms with Crippen molar-refractivity contribution in [3.8, 4) is 5.75 Å². The fourth-order valence-corrected chi connectivity index (χ4v) is 2.35. The Kier molecular flexibility index (Phi) is 4.71. The van der Waals surface area contributed by atoms with E-state index < -0.39 is 6.10 Å². The van der Waals surface area contributed by atoms with Crippen LogP contribution in [0.15, 0.2) is 42.7 Å². The zero-order valence-electron chi connectivity index (χ0n) is 11.8. The van der Waals surface area contributed by atoms with Gasteiger partial charge in [-0.1, -0.05) is 23.8 Å². The average molecular weight is 272 g/mol. The molecule has 1 aromatic carbocycles. The second kappa shape index (κ2) is 6.50. The molecule has 0 radical (unpaired) electrons. The Balaban J connectivity index is 2.40. The summed E-state index contributed by atoms with van der Waals surface area (Å²) in [5.74, 6) is 0.517. The Morgan fingerprint density at radius 3 is 2.75 bits per heavy atom. The Hall–Kier alpha value is -1.91. The molecule has 0 fully saturated rings. The van der Waals surface area contributed by atoms with Gasteiger partial charge in [-0.05, 0) is 24.6 Å². The number of pyridine rings is 1. The van der Waals surface area contributed by atoms with Crippen molar-refractivity contribution in [2.75, 3.05) is 13.7 Å². The number of aliphatic hydroxyl groups is 1. The minimum Gasteiger partial charge on any atom is -0.496 e. The quantitative estimate of drug-likeness (QED) is 0.875. The normalized spacial score (nSPS) is 13.8. The highest BCUT2D eigenvalue weighted by atomic mass is 16.5. The Bertz CT molecular complexity index is 558. The number of aromatic nitrogens is 1. The predicted octanol–water partition coefficient (Wildman–Crippen LogP) is 2.17. The van der Waals surface area contributed by atoms with E-state index in [4.69, 9.17) is 10.5 Å². The molecule has 2 rings (SSSR count). The van der Waals surface area contributed by atoms with Gasteiger partial charge in [0.2, 0.25) is 0 Å². The van der Waals surface area contributed by atoms with Crippen LogP contribution in [0.2, 0.25) is 0 Å². The summed E-state index contributed by atoms with van der Waals surface area (Å²) in [6, 6.07) is 9.55. The zero-order valence-corrected chi connectivity index (χ0v) is 11.8. The smallest absolute Gasteiger partial charge is 0.122 e. The van der Waals surface area contributed by atoms with Crippen molar-refractivity contribution in [1.82, 2.24) is 4.98 Å². The number of rotatable bonds is 5. The SMILES string of the molecule is COc1ccc(C)cc1C(CN)C(O)c1cccnc1. The number of aryl methyl sites for hydroxylation is 1. The molecule has 0 saturated heterocycles. The van der Waals surface area contributed by atoms with Gasteiger partial charge >= 0.3 is 0 Å². The fraction of sp³-hybridized carbons (Fsp3) is 0.312. The zero-order chi connectivity index (χ0) is 14.5. The lowest BCUT2D eigenvalue weighted by Gasteiger charge is -2.24. The van der Waals surface area contributed by atoms with Gasteiger partial charge in [-0.2, -0.15) is 0 Å². The molecule has 0 aliphatic rings. The molecule has 0 bridgehead atoms. The molecule has 0 spiro atoms. The number of hydrogen-bond acceptors (Lipinski definition) is 4. The van der Waals surface area contributed by atoms with Gasteiger partial charge in [0.1, 0.15) is 5.75 Å². The summed E-state index contributed by atoms with van der Waals surface area (Å²) >= 11 is 0. The Labute approximate surface area is 119 Å². The van der Waals surface area contributed by atoms with E-state index in [0.29, 0.717) is 6.54 Å². The first-order valence-electron chi connectivity index (χ1n) is 6.60. The van der Waals surface area contributed by atoms with E-state index >= 15 is 0 Å². The molecule has 0 saturated carbocycles. The van der Waals surface area contributed by atoms with Gasteiger partial charge < -0.3 is 15.6 Å². The van der Waals surface area contributed by atoms with Crippen LogP contribution < -0.4 is 10.5 Å². The van der Waals surface area contributed by atoms with Gasteiger partial charge in [-0.15, -0.1) is 0 Å². The van der Waals surface area contributed by atoms with Crippen LogP contribution in [-0.2, 0) is 0 Å². The number of aliphatic hydroxyl groups excluding tert-OH is 1. The molecular weight excluding hydrogens is 252 g/mol. The first-order chi connectivity index (χ1) is 9.67. The number of nitrogens with zero attached hydrogens (tertiary/aromatic N) is 1. The standard InChI is InChI=1S/C16H20N2O2/c1-11-5-6-15(20-2)13(8-11)14(9-17)16(19)12-4-3-7-18-10-12/h3-8,10,14,16,19H,9,17H2,1-2H3. The number of nitrogens with two attached hydrogens (primary N) is 1. The van der Waals surface area contributed by atoms with Crippen molar-refractivity contribution in [1.29, 1.82) is 0 Å². The van der Waals surface area contributed by atoms with Crippen LogP contribution in [0.25, 0.3) is 0 Å². The van der Waals surface area contributed by atoms with Crippen LogP contribution in [0, 0.1) is 6.92 Å². The van der Waals surface area contributed by atoms with Gasteiger partial charge in [0.15, 0.2) is 0 Å². The highest BCUT2D eigenvalue weighted by Crippen LogP contribution is 2.35. The van der Waals surface area contributed by atoms with Crippen LogP contribution in [-0.4, -0.2) is 23.7 Å². The van der Waals surface area contributed by atoms with E-state index in [1.807, 2.05) is 31.2 Å². The van der Waals surface area contributed by atoms with Crippen molar-refractivity contribution >= 4 is 0 Å². The Morgan fingerprint density at radius 1 is 1.35 bits per heavy atom. The molecular formula is C16H20N2O2. The van der Waals surface area contributed by atoms with Gasteiger partial charge in [0, 0.05) is 30.4 Å². The molecule has 2 aromatic rings. The third kappa shape index (κ3) is 2.98. The molecule has 0 amide bonds. The lowest BCUT2D eigenvalue weighted by atomic mass is 9.88. The average Bonchev–Trinajstić information content (AvgIpc) is 2.49. The van der Waals surface area contributed by atoms with E-state index in [9.17, 15) is 5.11 Å². The minimum absolute atomic E-state index is 0.228. The molecule has 4 nitrogen and oxygen atoms in total. The second-order valence-corrected chi connectivity index (χ2v) is 4.82. The summed E-state index contributed by atoms with van der Waals surface area (Å²) in [6.45, 7) is 2.34. The van der Waals surface area contributed by atoms with Gasteiger partial charge in [0.05, 0.1) is 13.2 Å². The molecule has 2 unspecified atom stereocenters. The van der Waals surface area contributed by atoms with Crippen molar-refractivity contribution in [2.24, 2.45) is 5.73 Å². The molecule has 20 heavy (non-hydrogen) atoms. The van der Waals surface area contributed by atoms with E-state index in [-0.39, 0.29) is 5.92 Å². The Morgan fingerprint density at radius 2 is 2.15 bits per heavy atom. The van der Waals surface area contributed by atoms with Gasteiger partial charge in [-0.25, -0.2) is 0 Å². The third-order valence-electron chi connectivity index (χ3n) is 3.45. The topological polar surface area (TPSA) is 68.4 Å². The minimum atomic E-state index is -0.704. The van der Waals surface area contributed by atoms with E-state index in [1.165, 1.54) is 0 Å². The highest BCUT2D eigenvalue weighted by Gasteiger charge is 2.24. The van der Waals surface area contributed by atoms with Crippen molar-refractivity contribution in [3.05, 3.63) is 59.4 Å². The maximum absolute atomic E-state index is 10.6. The van der Waals surface area contributed by atoms with Crippen LogP contribution >= 0.6 is 0 Å². The van der Waals surface area contributed by atoms with Gasteiger partial charge in [-0.3, -0.25) is 4.98 Å². The number of benzene rings is 1. The van der Waals surface area contributed by atoms with Crippen LogP contribution in [0.5, 0.6) is 5.75 Å². The van der Waals surface area contributed by atoms with Gasteiger partial charge in [0.25, 0.3) is 0 Å². The van der Waals surface area contributed by atoms with E-state index in [0.717, 1.165) is 22.4 Å². The van der Waals surface area contributed by atoms with Crippen LogP contribution in [0.4, 0.5) is 0 Å². The maximum atomic E-state index is 10.6. The first kappa shape index (κ1) is 14.5. The summed E-state index contributed by atoms with van der Waals surface area (Å²) < 4.78 is 5.39. The lowest BCUT2D eigenvalue weighted by Crippen LogP contribution is -2.21.